The maximum absolute atomic E-state index is 12.8. The summed E-state index contributed by atoms with van der Waals surface area (Å²) < 4.78 is 7.54. The second-order valence-electron chi connectivity index (χ2n) is 6.20. The maximum atomic E-state index is 12.8. The van der Waals surface area contributed by atoms with E-state index >= 15 is 0 Å². The minimum absolute atomic E-state index is 0.208. The van der Waals surface area contributed by atoms with E-state index in [1.165, 1.54) is 7.11 Å². The summed E-state index contributed by atoms with van der Waals surface area (Å²) in [7, 11) is 1.35. The number of amides is 1. The van der Waals surface area contributed by atoms with Crippen LogP contribution in [0, 0.1) is 0 Å². The van der Waals surface area contributed by atoms with Gasteiger partial charge in [0.2, 0.25) is 0 Å². The Morgan fingerprint density at radius 3 is 2.62 bits per heavy atom. The van der Waals surface area contributed by atoms with Crippen LogP contribution in [0.2, 0.25) is 0 Å². The van der Waals surface area contributed by atoms with Gasteiger partial charge in [-0.15, -0.1) is 0 Å². The average molecular weight is 420 g/mol. The van der Waals surface area contributed by atoms with E-state index in [-0.39, 0.29) is 5.91 Å². The molecule has 1 aromatic heterocycles. The van der Waals surface area contributed by atoms with Gasteiger partial charge in [-0.05, 0) is 60.0 Å². The number of nitrogens with zero attached hydrogens (tertiary/aromatic N) is 2. The number of benzene rings is 1. The van der Waals surface area contributed by atoms with Crippen molar-refractivity contribution >= 4 is 39.2 Å². The topological polar surface area (TPSA) is 63.6 Å². The van der Waals surface area contributed by atoms with Gasteiger partial charge in [0.15, 0.2) is 0 Å². The second kappa shape index (κ2) is 7.95. The summed E-state index contributed by atoms with van der Waals surface area (Å²) in [4.78, 5) is 27.0. The molecule has 1 aliphatic rings. The minimum Gasteiger partial charge on any atom is -0.465 e. The third-order valence-corrected chi connectivity index (χ3v) is 4.98. The summed E-state index contributed by atoms with van der Waals surface area (Å²) in [6.07, 6.45) is 4.12. The number of ether oxygens (including phenoxy) is 1. The van der Waals surface area contributed by atoms with Crippen LogP contribution >= 0.6 is 15.9 Å². The molecule has 2 aromatic rings. The minimum atomic E-state index is -0.423. The van der Waals surface area contributed by atoms with Gasteiger partial charge in [0.05, 0.1) is 24.0 Å². The summed E-state index contributed by atoms with van der Waals surface area (Å²) in [6, 6.07) is 7.09. The van der Waals surface area contributed by atoms with E-state index in [0.29, 0.717) is 23.5 Å². The van der Waals surface area contributed by atoms with Crippen LogP contribution < -0.4 is 10.2 Å². The van der Waals surface area contributed by atoms with Crippen molar-refractivity contribution in [1.82, 2.24) is 4.57 Å². The monoisotopic (exact) mass is 419 g/mol. The lowest BCUT2D eigenvalue weighted by molar-refractivity contribution is 0.0600. The quantitative estimate of drug-likeness (QED) is 0.746. The van der Waals surface area contributed by atoms with E-state index < -0.39 is 5.97 Å². The molecule has 1 saturated heterocycles. The number of halogens is 1. The predicted octanol–water partition coefficient (Wildman–Crippen LogP) is 3.91. The predicted molar refractivity (Wildman–Crippen MR) is 105 cm³/mol. The molecule has 0 radical (unpaired) electrons. The Morgan fingerprint density at radius 1 is 1.23 bits per heavy atom. The van der Waals surface area contributed by atoms with Crippen molar-refractivity contribution in [3.05, 3.63) is 46.2 Å². The molecule has 1 aromatic carbocycles. The number of hydrogen-bond donors (Lipinski definition) is 1. The van der Waals surface area contributed by atoms with Crippen LogP contribution in [-0.2, 0) is 11.3 Å². The third-order valence-electron chi connectivity index (χ3n) is 4.55. The van der Waals surface area contributed by atoms with Crippen LogP contribution in [-0.4, -0.2) is 36.6 Å². The molecule has 0 saturated carbocycles. The van der Waals surface area contributed by atoms with Crippen LogP contribution in [0.15, 0.2) is 34.9 Å². The van der Waals surface area contributed by atoms with E-state index in [4.69, 9.17) is 4.74 Å². The van der Waals surface area contributed by atoms with Crippen molar-refractivity contribution in [1.29, 1.82) is 0 Å². The normalized spacial score (nSPS) is 13.7. The van der Waals surface area contributed by atoms with E-state index in [9.17, 15) is 9.59 Å². The zero-order valence-electron chi connectivity index (χ0n) is 14.9. The zero-order chi connectivity index (χ0) is 18.7. The number of hydrogen-bond acceptors (Lipinski definition) is 4. The Bertz CT molecular complexity index is 825. The molecule has 1 aliphatic heterocycles. The lowest BCUT2D eigenvalue weighted by atomic mass is 10.1. The highest BCUT2D eigenvalue weighted by molar-refractivity contribution is 9.10. The van der Waals surface area contributed by atoms with Crippen LogP contribution in [0.25, 0.3) is 0 Å². The number of carbonyl (C=O) groups excluding carboxylic acids is 2. The number of nitrogens with one attached hydrogen (secondary N) is 1. The fourth-order valence-electron chi connectivity index (χ4n) is 3.23. The van der Waals surface area contributed by atoms with Gasteiger partial charge in [-0.3, -0.25) is 4.79 Å². The smallest absolute Gasteiger partial charge is 0.337 e. The highest BCUT2D eigenvalue weighted by Gasteiger charge is 2.20. The van der Waals surface area contributed by atoms with Gasteiger partial charge in [-0.1, -0.05) is 0 Å². The summed E-state index contributed by atoms with van der Waals surface area (Å²) in [6.45, 7) is 4.56. The molecule has 3 rings (SSSR count). The number of aromatic nitrogens is 1. The van der Waals surface area contributed by atoms with E-state index in [1.807, 2.05) is 23.8 Å². The number of methoxy groups -OCH3 is 1. The van der Waals surface area contributed by atoms with Crippen molar-refractivity contribution < 1.29 is 14.3 Å². The lowest BCUT2D eigenvalue weighted by Crippen LogP contribution is -2.22. The molecule has 26 heavy (non-hydrogen) atoms. The fourth-order valence-corrected chi connectivity index (χ4v) is 3.69. The molecule has 1 amide bonds. The van der Waals surface area contributed by atoms with E-state index in [1.54, 1.807) is 18.2 Å². The Kier molecular flexibility index (Phi) is 5.66. The van der Waals surface area contributed by atoms with Gasteiger partial charge < -0.3 is 19.5 Å². The van der Waals surface area contributed by atoms with Gasteiger partial charge in [0.25, 0.3) is 5.91 Å². The SMILES string of the molecule is CCn1cc(Br)cc1C(=O)Nc1cc(C(=O)OC)ccc1N1CCCC1. The first-order valence-corrected chi connectivity index (χ1v) is 9.47. The number of rotatable bonds is 5. The van der Waals surface area contributed by atoms with Gasteiger partial charge in [0.1, 0.15) is 5.69 Å². The first-order valence-electron chi connectivity index (χ1n) is 8.67. The van der Waals surface area contributed by atoms with Gasteiger partial charge in [-0.2, -0.15) is 0 Å². The number of esters is 1. The third kappa shape index (κ3) is 3.77. The second-order valence-corrected chi connectivity index (χ2v) is 7.12. The van der Waals surface area contributed by atoms with Crippen molar-refractivity contribution in [2.24, 2.45) is 0 Å². The molecule has 0 spiro atoms. The molecule has 0 atom stereocenters. The largest absolute Gasteiger partial charge is 0.465 e. The summed E-state index contributed by atoms with van der Waals surface area (Å²) >= 11 is 3.42. The summed E-state index contributed by atoms with van der Waals surface area (Å²) in [5.74, 6) is -0.631. The lowest BCUT2D eigenvalue weighted by Gasteiger charge is -2.22. The highest BCUT2D eigenvalue weighted by Crippen LogP contribution is 2.31. The Morgan fingerprint density at radius 2 is 1.96 bits per heavy atom. The number of carbonyl (C=O) groups is 2. The first-order chi connectivity index (χ1) is 12.5. The van der Waals surface area contributed by atoms with Gasteiger partial charge in [0, 0.05) is 30.3 Å². The number of anilines is 2. The molecular formula is C19H22BrN3O3. The maximum Gasteiger partial charge on any atom is 0.337 e. The molecule has 7 heteroatoms. The standard InChI is InChI=1S/C19H22BrN3O3/c1-3-22-12-14(20)11-17(22)18(24)21-15-10-13(19(25)26-2)6-7-16(15)23-8-4-5-9-23/h6-7,10-12H,3-5,8-9H2,1-2H3,(H,21,24). The van der Waals surface area contributed by atoms with Gasteiger partial charge in [-0.25, -0.2) is 4.79 Å². The van der Waals surface area contributed by atoms with Crippen molar-refractivity contribution in [3.63, 3.8) is 0 Å². The number of aryl methyl sites for hydroxylation is 1. The highest BCUT2D eigenvalue weighted by atomic mass is 79.9. The van der Waals surface area contributed by atoms with Crippen LogP contribution in [0.1, 0.15) is 40.6 Å². The molecule has 6 nitrogen and oxygen atoms in total. The molecule has 138 valence electrons. The van der Waals surface area contributed by atoms with E-state index in [2.05, 4.69) is 26.1 Å². The molecule has 1 fully saturated rings. The average Bonchev–Trinajstić information content (AvgIpc) is 3.30. The van der Waals surface area contributed by atoms with Gasteiger partial charge >= 0.3 is 5.97 Å². The van der Waals surface area contributed by atoms with Crippen molar-refractivity contribution in [2.75, 3.05) is 30.4 Å². The first kappa shape index (κ1) is 18.5. The van der Waals surface area contributed by atoms with Crippen LogP contribution in [0.3, 0.4) is 0 Å². The molecule has 2 heterocycles. The molecule has 0 bridgehead atoms. The van der Waals surface area contributed by atoms with Crippen molar-refractivity contribution in [2.45, 2.75) is 26.3 Å². The Balaban J connectivity index is 1.95. The van der Waals surface area contributed by atoms with Crippen molar-refractivity contribution in [3.8, 4) is 0 Å². The van der Waals surface area contributed by atoms with E-state index in [0.717, 1.165) is 36.1 Å². The summed E-state index contributed by atoms with van der Waals surface area (Å²) in [5, 5.41) is 2.98. The Labute approximate surface area is 161 Å². The van der Waals surface area contributed by atoms with Crippen LogP contribution in [0.4, 0.5) is 11.4 Å². The molecule has 0 aliphatic carbocycles. The zero-order valence-corrected chi connectivity index (χ0v) is 16.5. The molecule has 0 unspecified atom stereocenters. The molecular weight excluding hydrogens is 398 g/mol. The summed E-state index contributed by atoms with van der Waals surface area (Å²) in [5.41, 5.74) is 2.53. The Hall–Kier alpha value is -2.28. The fraction of sp³-hybridized carbons (Fsp3) is 0.368. The molecule has 1 N–H and O–H groups in total. The van der Waals surface area contributed by atoms with Crippen LogP contribution in [0.5, 0.6) is 0 Å².